The lowest BCUT2D eigenvalue weighted by molar-refractivity contribution is 0.501. The first-order chi connectivity index (χ1) is 57.7. The van der Waals surface area contributed by atoms with E-state index in [0.29, 0.717) is 66.0 Å². The minimum absolute atomic E-state index is 0.359. The molecule has 7 aromatic carbocycles. The van der Waals surface area contributed by atoms with Crippen molar-refractivity contribution >= 4 is 105 Å². The number of allylic oxidation sites excluding steroid dienone is 1. The second-order valence-electron chi connectivity index (χ2n) is 33.3. The number of hydrogen-bond donors (Lipinski definition) is 0. The van der Waals surface area contributed by atoms with Gasteiger partial charge in [0.15, 0.2) is 17.1 Å². The Labute approximate surface area is 717 Å². The van der Waals surface area contributed by atoms with Crippen LogP contribution >= 0.6 is 22.7 Å². The third-order valence-corrected chi connectivity index (χ3v) is 22.8. The quantitative estimate of drug-likeness (QED) is 0.129. The van der Waals surface area contributed by atoms with Crippen LogP contribution < -0.4 is 10.7 Å². The molecule has 0 atom stereocenters. The molecule has 0 saturated heterocycles. The summed E-state index contributed by atoms with van der Waals surface area (Å²) in [7, 11) is 0. The highest BCUT2D eigenvalue weighted by Gasteiger charge is 2.17. The van der Waals surface area contributed by atoms with Gasteiger partial charge < -0.3 is 17.8 Å². The molecule has 0 fully saturated rings. The third kappa shape index (κ3) is 24.5. The summed E-state index contributed by atoms with van der Waals surface area (Å²) in [5, 5.41) is 7.47. The number of imidazole rings is 2. The van der Waals surface area contributed by atoms with Gasteiger partial charge in [-0.15, -0.1) is 22.7 Å². The van der Waals surface area contributed by atoms with Gasteiger partial charge in [0.2, 0.25) is 0 Å². The van der Waals surface area contributed by atoms with E-state index < -0.39 is 0 Å². The van der Waals surface area contributed by atoms with Crippen LogP contribution in [0.3, 0.4) is 0 Å². The second kappa shape index (κ2) is 42.8. The maximum atomic E-state index is 5.52. The molecule has 120 heavy (non-hydrogen) atoms. The Kier molecular flexibility index (Phi) is 31.8. The number of fused-ring (bicyclic) bond motifs is 10. The van der Waals surface area contributed by atoms with Crippen molar-refractivity contribution in [3.05, 3.63) is 327 Å². The molecule has 0 spiro atoms. The van der Waals surface area contributed by atoms with Crippen molar-refractivity contribution in [1.29, 1.82) is 0 Å². The number of thiazole rings is 2. The molecule has 2 aliphatic heterocycles. The first kappa shape index (κ1) is 89.1. The first-order valence-corrected chi connectivity index (χ1v) is 44.0. The number of oxazole rings is 1. The maximum absolute atomic E-state index is 5.52. The van der Waals surface area contributed by atoms with E-state index in [1.165, 1.54) is 70.2 Å². The van der Waals surface area contributed by atoms with Gasteiger partial charge in [-0.25, -0.2) is 34.4 Å². The van der Waals surface area contributed by atoms with Crippen LogP contribution in [-0.4, -0.2) is 60.9 Å². The molecule has 15 nitrogen and oxygen atoms in total. The number of aromatic nitrogens is 10. The molecule has 10 aromatic heterocycles. The van der Waals surface area contributed by atoms with E-state index in [2.05, 4.69) is 325 Å². The molecule has 3 aliphatic rings. The van der Waals surface area contributed by atoms with Gasteiger partial charge in [0.25, 0.3) is 0 Å². The summed E-state index contributed by atoms with van der Waals surface area (Å²) in [6.45, 7) is 44.1. The van der Waals surface area contributed by atoms with Crippen molar-refractivity contribution in [3.63, 3.8) is 0 Å². The average molecular weight is 1640 g/mol. The number of hydrogen-bond acceptors (Lipinski definition) is 14. The van der Waals surface area contributed by atoms with E-state index in [1.54, 1.807) is 34.5 Å². The van der Waals surface area contributed by atoms with Crippen LogP contribution in [0.2, 0.25) is 0 Å². The Bertz CT molecular complexity index is 5740. The Morgan fingerprint density at radius 2 is 1.09 bits per heavy atom. The maximum Gasteiger partial charge on any atom is 0.198 e. The average Bonchev–Trinajstić information content (AvgIpc) is 1.70. The van der Waals surface area contributed by atoms with Crippen LogP contribution in [0.25, 0.3) is 70.9 Å². The van der Waals surface area contributed by atoms with Gasteiger partial charge in [-0.3, -0.25) is 15.0 Å². The molecule has 17 heteroatoms. The predicted molar refractivity (Wildman–Crippen MR) is 505 cm³/mol. The smallest absolute Gasteiger partial charge is 0.198 e. The highest BCUT2D eigenvalue weighted by atomic mass is 32.1. The van der Waals surface area contributed by atoms with Gasteiger partial charge in [0, 0.05) is 66.6 Å². The van der Waals surface area contributed by atoms with Crippen molar-refractivity contribution in [3.8, 4) is 0 Å². The highest BCUT2D eigenvalue weighted by molar-refractivity contribution is 7.18. The van der Waals surface area contributed by atoms with Gasteiger partial charge in [0.1, 0.15) is 23.3 Å². The van der Waals surface area contributed by atoms with Crippen LogP contribution in [0, 0.1) is 11.8 Å². The first-order valence-electron chi connectivity index (χ1n) is 42.3. The molecule has 0 radical (unpaired) electrons. The Balaban J connectivity index is 0.000000130. The fourth-order valence-electron chi connectivity index (χ4n) is 13.1. The minimum atomic E-state index is 0.359. The lowest BCUT2D eigenvalue weighted by atomic mass is 10.0. The van der Waals surface area contributed by atoms with Crippen molar-refractivity contribution in [2.75, 3.05) is 6.67 Å². The number of para-hydroxylation sites is 6. The van der Waals surface area contributed by atoms with Crippen LogP contribution in [0.1, 0.15) is 242 Å². The zero-order valence-electron chi connectivity index (χ0n) is 73.7. The van der Waals surface area contributed by atoms with E-state index in [0.717, 1.165) is 85.2 Å². The molecule has 0 N–H and O–H groups in total. The Morgan fingerprint density at radius 3 is 1.77 bits per heavy atom. The molecular weight excluding hydrogens is 1520 g/mol. The normalized spacial score (nSPS) is 12.2. The summed E-state index contributed by atoms with van der Waals surface area (Å²) in [5.74, 6) is 5.74. The van der Waals surface area contributed by atoms with Crippen molar-refractivity contribution in [1.82, 2.24) is 48.5 Å². The van der Waals surface area contributed by atoms with Crippen LogP contribution in [-0.2, 0) is 12.8 Å². The van der Waals surface area contributed by atoms with Gasteiger partial charge in [0.05, 0.1) is 82.2 Å². The third-order valence-electron chi connectivity index (χ3n) is 20.6. The number of aliphatic imine (C=N–C) groups is 1. The summed E-state index contributed by atoms with van der Waals surface area (Å²) in [5.41, 5.74) is 27.0. The van der Waals surface area contributed by atoms with Crippen molar-refractivity contribution in [2.24, 2.45) is 26.8 Å². The van der Waals surface area contributed by atoms with Crippen LogP contribution in [0.4, 0.5) is 5.69 Å². The standard InChI is InChI=1S/C12H14.C11H13N.4C10H12N2.2C10H11NO.2C10H11NS/c1-9(2)12-7-10-5-3-4-6-11(10)8-12;1-8(2)11-7-9-5-3-4-6-10(9)12-11;1-8(2)9-4-6-12-10(7-9)3-5-11-12;1-7(2)8-3-4-9-10(5-8)12-6-11-9;1-8(2)9-7-12-6-4-3-5-10(12)11-9;1-8(2)12-7-11-9-5-3-4-6-10(9)12;1-7(2)8-3-4-10-9(11-8)5-6-12-10;1-7(2)10-11-8-5-3-4-6-9(8)12-10;1-7(2)8-3-4-9-10(5-8)12-6-11-9;1-7(2)10-11-8-5-3-4-6-9(8)12-10/h3-7,9H,8H2,1-2H3;3-6,8H,7H2,1-2H3;3-8H,1-2H3;3-5,7H,6H2,1-2H3;2*3-8H,1-2H3;4*3-7H,1-2H3. The Hall–Kier alpha value is -11.7. The molecule has 0 amide bonds. The van der Waals surface area contributed by atoms with Gasteiger partial charge >= 0.3 is 0 Å². The van der Waals surface area contributed by atoms with E-state index >= 15 is 0 Å². The lowest BCUT2D eigenvalue weighted by Crippen LogP contribution is -2.21. The van der Waals surface area contributed by atoms with Gasteiger partial charge in [-0.05, 0) is 204 Å². The number of benzene rings is 7. The zero-order chi connectivity index (χ0) is 85.5. The molecule has 20 rings (SSSR count). The van der Waals surface area contributed by atoms with Crippen molar-refractivity contribution < 1.29 is 8.83 Å². The lowest BCUT2D eigenvalue weighted by Gasteiger charge is -2.06. The molecular formula is C103H119N13O2S2. The molecule has 12 heterocycles. The monoisotopic (exact) mass is 1630 g/mol. The highest BCUT2D eigenvalue weighted by Crippen LogP contribution is 2.32. The molecule has 17 aromatic rings. The van der Waals surface area contributed by atoms with E-state index in [4.69, 9.17) is 8.83 Å². The largest absolute Gasteiger partial charge is 0.463 e. The summed E-state index contributed by atoms with van der Waals surface area (Å²) in [6, 6.07) is 72.9. The summed E-state index contributed by atoms with van der Waals surface area (Å²) in [4.78, 5) is 39.4. The molecule has 620 valence electrons. The SMILES string of the molecule is CC(C)C1=Cc2ccccc2C1.CC(C)C1=Nc2ccccc2C1.CC(C)c1ccc2c(c1)=NCN=2.CC(C)c1ccc2ncsc2c1.CC(C)c1ccc2occc2n1.CC(C)c1ccn2nccc2c1.CC(C)c1cn2ccccc2n1.CC(C)c1nc2ccccc2o1.CC(C)c1nc2ccccc2s1.CC(C)n1cnc2ccccc21. The summed E-state index contributed by atoms with van der Waals surface area (Å²) in [6.07, 6.45) is 16.0. The summed E-state index contributed by atoms with van der Waals surface area (Å²) >= 11 is 3.50. The molecule has 0 unspecified atom stereocenters. The Morgan fingerprint density at radius 1 is 0.433 bits per heavy atom. The topological polar surface area (TPSA) is 167 Å². The number of pyridine rings is 3. The molecule has 1 aliphatic carbocycles. The minimum Gasteiger partial charge on any atom is -0.463 e. The van der Waals surface area contributed by atoms with Crippen LogP contribution in [0.15, 0.2) is 285 Å². The number of furan rings is 1. The van der Waals surface area contributed by atoms with E-state index in [-0.39, 0.29) is 0 Å². The fourth-order valence-corrected chi connectivity index (χ4v) is 14.8. The second-order valence-corrected chi connectivity index (χ2v) is 35.2. The van der Waals surface area contributed by atoms with Gasteiger partial charge in [-0.2, -0.15) is 5.10 Å². The van der Waals surface area contributed by atoms with Gasteiger partial charge in [-0.1, -0.05) is 233 Å². The number of rotatable bonds is 10. The van der Waals surface area contributed by atoms with E-state index in [1.807, 2.05) is 132 Å². The predicted octanol–water partition coefficient (Wildman–Crippen LogP) is 27.5. The zero-order valence-corrected chi connectivity index (χ0v) is 75.3. The number of nitrogens with zero attached hydrogens (tertiary/aromatic N) is 13. The summed E-state index contributed by atoms with van der Waals surface area (Å²) < 4.78 is 19.4. The van der Waals surface area contributed by atoms with Crippen molar-refractivity contribution in [2.45, 2.75) is 199 Å². The van der Waals surface area contributed by atoms with E-state index in [9.17, 15) is 0 Å². The van der Waals surface area contributed by atoms with Crippen LogP contribution in [0.5, 0.6) is 0 Å². The molecule has 0 saturated carbocycles. The molecule has 0 bridgehead atoms. The fraction of sp³-hybridized carbons (Fsp3) is 0.320.